The van der Waals surface area contributed by atoms with Crippen molar-refractivity contribution in [1.29, 1.82) is 0 Å². The zero-order valence-electron chi connectivity index (χ0n) is 24.9. The van der Waals surface area contributed by atoms with Gasteiger partial charge in [0.2, 0.25) is 0 Å². The fraction of sp³-hybridized carbons (Fsp3) is 0.237. The summed E-state index contributed by atoms with van der Waals surface area (Å²) in [7, 11) is 0. The first-order valence-electron chi connectivity index (χ1n) is 15.3. The molecule has 0 nitrogen and oxygen atoms in total. The summed E-state index contributed by atoms with van der Waals surface area (Å²) in [5.41, 5.74) is 6.72. The number of hydrogen-bond acceptors (Lipinski definition) is 0. The molecule has 0 spiro atoms. The maximum atomic E-state index is 13.3. The molecular weight excluding hydrogens is 749 g/mol. The number of benzene rings is 4. The summed E-state index contributed by atoms with van der Waals surface area (Å²) in [5, 5.41) is 0. The van der Waals surface area contributed by atoms with Crippen LogP contribution in [0.2, 0.25) is 9.36 Å². The number of rotatable bonds is 4. The monoisotopic (exact) mass is 782 g/mol. The van der Waals surface area contributed by atoms with Crippen molar-refractivity contribution in [3.8, 4) is 22.3 Å². The van der Waals surface area contributed by atoms with Crippen molar-refractivity contribution in [1.82, 2.24) is 0 Å². The second kappa shape index (κ2) is 10.3. The summed E-state index contributed by atoms with van der Waals surface area (Å²) < 4.78 is 86.8. The molecule has 0 amide bonds. The molecule has 0 radical (unpaired) electrons. The Morgan fingerprint density at radius 2 is 0.956 bits per heavy atom. The van der Waals surface area contributed by atoms with Crippen molar-refractivity contribution >= 4 is 15.4 Å². The van der Waals surface area contributed by atoms with Crippen LogP contribution in [0.25, 0.3) is 34.4 Å². The van der Waals surface area contributed by atoms with E-state index >= 15 is 0 Å². The zero-order chi connectivity index (χ0) is 31.8. The number of hydrogen-bond donors (Lipinski definition) is 0. The Morgan fingerprint density at radius 3 is 1.29 bits per heavy atom. The SMILES string of the molecule is [CH3][Hf]([CH3])(=[C]1CCC1)([CH]1C=Cc2c(-c3ccc(C(F)(F)F)cc3)cccc21)[CH]1C=Cc2c(-c3ccc(C(F)(F)F)cc3)cccc21. The Kier molecular flexibility index (Phi) is 6.98. The molecule has 230 valence electrons. The van der Waals surface area contributed by atoms with Gasteiger partial charge < -0.3 is 0 Å². The van der Waals surface area contributed by atoms with Crippen molar-refractivity contribution < 1.29 is 44.4 Å². The van der Waals surface area contributed by atoms with Gasteiger partial charge in [-0.2, -0.15) is 0 Å². The first kappa shape index (κ1) is 30.3. The second-order valence-electron chi connectivity index (χ2n) is 13.5. The Bertz CT molecular complexity index is 1810. The minimum atomic E-state index is -4.38. The van der Waals surface area contributed by atoms with E-state index in [2.05, 4.69) is 45.8 Å². The average Bonchev–Trinajstić information content (AvgIpc) is 3.61. The van der Waals surface area contributed by atoms with E-state index in [4.69, 9.17) is 0 Å². The fourth-order valence-electron chi connectivity index (χ4n) is 8.18. The molecule has 0 N–H and O–H groups in total. The molecule has 3 aliphatic rings. The number of alkyl halides is 6. The van der Waals surface area contributed by atoms with Gasteiger partial charge in [-0.15, -0.1) is 0 Å². The first-order chi connectivity index (χ1) is 21.3. The van der Waals surface area contributed by atoms with Gasteiger partial charge in [-0.1, -0.05) is 0 Å². The normalized spacial score (nSPS) is 19.4. The van der Waals surface area contributed by atoms with Crippen LogP contribution < -0.4 is 0 Å². The van der Waals surface area contributed by atoms with E-state index in [9.17, 15) is 26.3 Å². The Balaban J connectivity index is 1.32. The van der Waals surface area contributed by atoms with Crippen molar-refractivity contribution in [3.63, 3.8) is 0 Å². The topological polar surface area (TPSA) is 0 Å². The Hall–Kier alpha value is -3.32. The number of fused-ring (bicyclic) bond motifs is 2. The van der Waals surface area contributed by atoms with Crippen LogP contribution >= 0.6 is 0 Å². The van der Waals surface area contributed by atoms with Gasteiger partial charge in [0.05, 0.1) is 0 Å². The van der Waals surface area contributed by atoms with E-state index in [1.165, 1.54) is 17.5 Å². The van der Waals surface area contributed by atoms with Crippen LogP contribution in [0.1, 0.15) is 60.0 Å². The van der Waals surface area contributed by atoms with Gasteiger partial charge >= 0.3 is 261 Å². The molecule has 4 aromatic carbocycles. The number of halogens is 6. The Morgan fingerprint density at radius 1 is 0.556 bits per heavy atom. The summed E-state index contributed by atoms with van der Waals surface area (Å²) in [6.07, 6.45) is 3.68. The summed E-state index contributed by atoms with van der Waals surface area (Å²) >= 11 is -4.17. The van der Waals surface area contributed by atoms with Crippen LogP contribution in [0.3, 0.4) is 0 Å². The predicted molar refractivity (Wildman–Crippen MR) is 168 cm³/mol. The summed E-state index contributed by atoms with van der Waals surface area (Å²) in [4.78, 5) is 0. The molecule has 2 atom stereocenters. The molecule has 7 heteroatoms. The average molecular weight is 781 g/mol. The quantitative estimate of drug-likeness (QED) is 0.143. The van der Waals surface area contributed by atoms with Crippen LogP contribution in [0.5, 0.6) is 0 Å². The third-order valence-electron chi connectivity index (χ3n) is 10.9. The molecule has 0 saturated heterocycles. The summed E-state index contributed by atoms with van der Waals surface area (Å²) in [5.74, 6) is 0. The molecule has 0 aliphatic heterocycles. The standard InChI is InChI=1S/2C16H10F3.C4H6.2CH3.Hf/c2*17-16(18,19)13-9-7-12(8-10-13)15-6-2-4-11-3-1-5-14(11)15;1-2-4-3-1;;;/h2*1-10H;1-3H2;2*1H3;. The van der Waals surface area contributed by atoms with Gasteiger partial charge in [-0.25, -0.2) is 0 Å². The van der Waals surface area contributed by atoms with Crippen LogP contribution in [0.15, 0.2) is 97.1 Å². The molecule has 45 heavy (non-hydrogen) atoms. The van der Waals surface area contributed by atoms with Crippen molar-refractivity contribution in [2.75, 3.05) is 0 Å². The summed E-state index contributed by atoms with van der Waals surface area (Å²) in [6.45, 7) is 0. The van der Waals surface area contributed by atoms with E-state index in [1.54, 1.807) is 27.5 Å². The van der Waals surface area contributed by atoms with Gasteiger partial charge in [0.1, 0.15) is 0 Å². The van der Waals surface area contributed by atoms with E-state index in [-0.39, 0.29) is 7.35 Å². The van der Waals surface area contributed by atoms with Crippen LogP contribution in [0.4, 0.5) is 26.3 Å². The van der Waals surface area contributed by atoms with Crippen LogP contribution in [0, 0.1) is 0 Å². The van der Waals surface area contributed by atoms with Gasteiger partial charge in [0.15, 0.2) is 0 Å². The van der Waals surface area contributed by atoms with Gasteiger partial charge in [0, 0.05) is 0 Å². The molecular formula is C38H32F6Hf. The molecule has 0 bridgehead atoms. The third kappa shape index (κ3) is 4.79. The number of allylic oxidation sites excluding steroid dienone is 2. The zero-order valence-corrected chi connectivity index (χ0v) is 28.5. The maximum absolute atomic E-state index is 13.3. The van der Waals surface area contributed by atoms with Gasteiger partial charge in [-0.05, 0) is 0 Å². The molecule has 4 aromatic rings. The minimum absolute atomic E-state index is 0.219. The van der Waals surface area contributed by atoms with E-state index < -0.39 is 41.5 Å². The van der Waals surface area contributed by atoms with E-state index in [1.807, 2.05) is 24.3 Å². The first-order valence-corrected chi connectivity index (χ1v) is 28.4. The molecule has 7 rings (SSSR count). The molecule has 0 heterocycles. The van der Waals surface area contributed by atoms with Gasteiger partial charge in [0.25, 0.3) is 0 Å². The Labute approximate surface area is 259 Å². The van der Waals surface area contributed by atoms with E-state index in [0.29, 0.717) is 0 Å². The van der Waals surface area contributed by atoms with Crippen LogP contribution in [-0.2, 0) is 30.4 Å². The summed E-state index contributed by atoms with van der Waals surface area (Å²) in [6, 6.07) is 23.2. The molecule has 2 unspecified atom stereocenters. The van der Waals surface area contributed by atoms with E-state index in [0.717, 1.165) is 70.5 Å². The van der Waals surface area contributed by atoms with Crippen molar-refractivity contribution in [3.05, 3.63) is 130 Å². The molecule has 1 fully saturated rings. The molecule has 0 aromatic heterocycles. The fourth-order valence-corrected chi connectivity index (χ4v) is 33.3. The molecule has 1 saturated carbocycles. The van der Waals surface area contributed by atoms with Crippen molar-refractivity contribution in [2.45, 2.75) is 48.3 Å². The third-order valence-corrected chi connectivity index (χ3v) is 38.1. The van der Waals surface area contributed by atoms with Crippen LogP contribution in [-0.4, -0.2) is 3.26 Å². The molecule has 3 aliphatic carbocycles. The second-order valence-corrected chi connectivity index (χ2v) is 39.3. The van der Waals surface area contributed by atoms with Crippen molar-refractivity contribution in [2.24, 2.45) is 0 Å². The van der Waals surface area contributed by atoms with Gasteiger partial charge in [-0.3, -0.25) is 0 Å². The predicted octanol–water partition coefficient (Wildman–Crippen LogP) is 12.0.